The summed E-state index contributed by atoms with van der Waals surface area (Å²) < 4.78 is 28.3. The maximum atomic E-state index is 12.8. The van der Waals surface area contributed by atoms with Crippen LogP contribution in [0.25, 0.3) is 11.1 Å². The van der Waals surface area contributed by atoms with Crippen LogP contribution in [0, 0.1) is 0 Å². The number of aliphatic hydroxyl groups is 1. The molecule has 0 unspecified atom stereocenters. The first-order valence-electron chi connectivity index (χ1n) is 8.03. The van der Waals surface area contributed by atoms with E-state index >= 15 is 0 Å². The molecule has 0 saturated heterocycles. The topological polar surface area (TPSA) is 66.4 Å². The number of hydrogen-bond donors (Lipinski definition) is 2. The number of aliphatic hydroxyl groups excluding tert-OH is 1. The lowest BCUT2D eigenvalue weighted by Gasteiger charge is -2.22. The molecular formula is C19H25NO3S. The summed E-state index contributed by atoms with van der Waals surface area (Å²) in [6, 6.07) is 12.7. The quantitative estimate of drug-likeness (QED) is 0.870. The third-order valence-corrected chi connectivity index (χ3v) is 5.45. The largest absolute Gasteiger partial charge is 0.392 e. The molecule has 0 atom stereocenters. The smallest absolute Gasteiger partial charge is 0.241 e. The standard InChI is InChI=1S/C19H25NO3S/c1-5-14-8-11-18(24(22,23)20-19(2,3)4)17(12-14)16-9-6-15(13-21)7-10-16/h6-12,20-21H,5,13H2,1-4H3. The summed E-state index contributed by atoms with van der Waals surface area (Å²) in [5, 5.41) is 9.19. The third-order valence-electron chi connectivity index (χ3n) is 3.63. The Bertz CT molecular complexity index is 803. The van der Waals surface area contributed by atoms with Gasteiger partial charge in [-0.05, 0) is 56.0 Å². The minimum atomic E-state index is -3.64. The van der Waals surface area contributed by atoms with E-state index in [1.165, 1.54) is 0 Å². The Kier molecular flexibility index (Phi) is 5.48. The zero-order valence-electron chi connectivity index (χ0n) is 14.6. The van der Waals surface area contributed by atoms with Crippen molar-refractivity contribution in [1.82, 2.24) is 4.72 Å². The Hall–Kier alpha value is -1.69. The summed E-state index contributed by atoms with van der Waals surface area (Å²) in [5.74, 6) is 0. The first-order valence-corrected chi connectivity index (χ1v) is 9.51. The molecule has 2 rings (SSSR count). The molecule has 0 radical (unpaired) electrons. The van der Waals surface area contributed by atoms with Gasteiger partial charge in [-0.25, -0.2) is 13.1 Å². The molecule has 4 nitrogen and oxygen atoms in total. The Morgan fingerprint density at radius 2 is 1.58 bits per heavy atom. The summed E-state index contributed by atoms with van der Waals surface area (Å²) in [6.07, 6.45) is 0.828. The van der Waals surface area contributed by atoms with Gasteiger partial charge in [0.05, 0.1) is 11.5 Å². The second kappa shape index (κ2) is 7.05. The van der Waals surface area contributed by atoms with Gasteiger partial charge in [-0.3, -0.25) is 0 Å². The maximum Gasteiger partial charge on any atom is 0.241 e. The van der Waals surface area contributed by atoms with Gasteiger partial charge in [-0.2, -0.15) is 0 Å². The van der Waals surface area contributed by atoms with E-state index in [1.54, 1.807) is 6.07 Å². The first kappa shape index (κ1) is 18.6. The fraction of sp³-hybridized carbons (Fsp3) is 0.368. The molecule has 2 N–H and O–H groups in total. The predicted molar refractivity (Wildman–Crippen MR) is 97.3 cm³/mol. The fourth-order valence-corrected chi connectivity index (χ4v) is 4.13. The number of sulfonamides is 1. The van der Waals surface area contributed by atoms with Crippen LogP contribution in [0.4, 0.5) is 0 Å². The van der Waals surface area contributed by atoms with E-state index < -0.39 is 15.6 Å². The van der Waals surface area contributed by atoms with Crippen molar-refractivity contribution in [1.29, 1.82) is 0 Å². The highest BCUT2D eigenvalue weighted by molar-refractivity contribution is 7.89. The number of benzene rings is 2. The van der Waals surface area contributed by atoms with Crippen LogP contribution in [-0.2, 0) is 23.1 Å². The number of aryl methyl sites for hydroxylation is 1. The average Bonchev–Trinajstić information content (AvgIpc) is 2.52. The van der Waals surface area contributed by atoms with Crippen LogP contribution >= 0.6 is 0 Å². The second-order valence-corrected chi connectivity index (χ2v) is 8.55. The molecule has 0 bridgehead atoms. The summed E-state index contributed by atoms with van der Waals surface area (Å²) in [6.45, 7) is 7.46. The minimum absolute atomic E-state index is 0.0357. The fourth-order valence-electron chi connectivity index (χ4n) is 2.50. The molecular weight excluding hydrogens is 322 g/mol. The molecule has 0 aromatic heterocycles. The molecule has 0 aliphatic rings. The Balaban J connectivity index is 2.60. The number of rotatable bonds is 5. The zero-order chi connectivity index (χ0) is 18.0. The van der Waals surface area contributed by atoms with E-state index in [0.29, 0.717) is 5.56 Å². The van der Waals surface area contributed by atoms with E-state index in [1.807, 2.05) is 64.1 Å². The van der Waals surface area contributed by atoms with E-state index in [2.05, 4.69) is 4.72 Å². The summed E-state index contributed by atoms with van der Waals surface area (Å²) in [7, 11) is -3.64. The Labute approximate surface area is 144 Å². The monoisotopic (exact) mass is 347 g/mol. The van der Waals surface area contributed by atoms with Gasteiger partial charge in [0.1, 0.15) is 0 Å². The van der Waals surface area contributed by atoms with Gasteiger partial charge in [0.2, 0.25) is 10.0 Å². The van der Waals surface area contributed by atoms with E-state index in [-0.39, 0.29) is 11.5 Å². The van der Waals surface area contributed by atoms with Gasteiger partial charge in [-0.15, -0.1) is 0 Å². The Morgan fingerprint density at radius 1 is 1.00 bits per heavy atom. The summed E-state index contributed by atoms with van der Waals surface area (Å²) in [5.41, 5.74) is 2.81. The van der Waals surface area contributed by atoms with Crippen molar-refractivity contribution in [2.75, 3.05) is 0 Å². The van der Waals surface area contributed by atoms with Crippen molar-refractivity contribution >= 4 is 10.0 Å². The van der Waals surface area contributed by atoms with Crippen LogP contribution in [0.2, 0.25) is 0 Å². The molecule has 24 heavy (non-hydrogen) atoms. The van der Waals surface area contributed by atoms with E-state index in [0.717, 1.165) is 23.1 Å². The number of nitrogens with one attached hydrogen (secondary N) is 1. The van der Waals surface area contributed by atoms with Gasteiger partial charge in [0, 0.05) is 11.1 Å². The van der Waals surface area contributed by atoms with Crippen LogP contribution in [0.5, 0.6) is 0 Å². The van der Waals surface area contributed by atoms with Crippen molar-refractivity contribution in [3.63, 3.8) is 0 Å². The van der Waals surface area contributed by atoms with Crippen molar-refractivity contribution in [2.24, 2.45) is 0 Å². The molecule has 2 aromatic rings. The predicted octanol–water partition coefficient (Wildman–Crippen LogP) is 3.49. The Morgan fingerprint density at radius 3 is 2.08 bits per heavy atom. The van der Waals surface area contributed by atoms with Crippen LogP contribution < -0.4 is 4.72 Å². The summed E-state index contributed by atoms with van der Waals surface area (Å²) >= 11 is 0. The van der Waals surface area contributed by atoms with Gasteiger partial charge < -0.3 is 5.11 Å². The van der Waals surface area contributed by atoms with Gasteiger partial charge in [0.15, 0.2) is 0 Å². The van der Waals surface area contributed by atoms with Crippen molar-refractivity contribution in [3.05, 3.63) is 53.6 Å². The van der Waals surface area contributed by atoms with Crippen molar-refractivity contribution in [3.8, 4) is 11.1 Å². The molecule has 0 aliphatic carbocycles. The summed E-state index contributed by atoms with van der Waals surface area (Å²) in [4.78, 5) is 0.270. The maximum absolute atomic E-state index is 12.8. The zero-order valence-corrected chi connectivity index (χ0v) is 15.4. The lowest BCUT2D eigenvalue weighted by molar-refractivity contribution is 0.282. The average molecular weight is 347 g/mol. The molecule has 0 spiro atoms. The molecule has 0 saturated carbocycles. The normalized spacial score (nSPS) is 12.4. The molecule has 0 heterocycles. The van der Waals surface area contributed by atoms with Crippen LogP contribution in [-0.4, -0.2) is 19.1 Å². The number of hydrogen-bond acceptors (Lipinski definition) is 3. The molecule has 0 fully saturated rings. The highest BCUT2D eigenvalue weighted by Gasteiger charge is 2.25. The van der Waals surface area contributed by atoms with Gasteiger partial charge in [0.25, 0.3) is 0 Å². The molecule has 0 aliphatic heterocycles. The van der Waals surface area contributed by atoms with E-state index in [4.69, 9.17) is 0 Å². The van der Waals surface area contributed by atoms with Crippen LogP contribution in [0.1, 0.15) is 38.8 Å². The highest BCUT2D eigenvalue weighted by Crippen LogP contribution is 2.30. The SMILES string of the molecule is CCc1ccc(S(=O)(=O)NC(C)(C)C)c(-c2ccc(CO)cc2)c1. The van der Waals surface area contributed by atoms with Gasteiger partial charge in [-0.1, -0.05) is 37.3 Å². The van der Waals surface area contributed by atoms with Crippen molar-refractivity contribution < 1.29 is 13.5 Å². The molecule has 0 amide bonds. The first-order chi connectivity index (χ1) is 11.2. The third kappa shape index (κ3) is 4.44. The molecule has 2 aromatic carbocycles. The van der Waals surface area contributed by atoms with Gasteiger partial charge >= 0.3 is 0 Å². The van der Waals surface area contributed by atoms with Crippen LogP contribution in [0.15, 0.2) is 47.4 Å². The molecule has 5 heteroatoms. The molecule has 130 valence electrons. The van der Waals surface area contributed by atoms with Crippen molar-refractivity contribution in [2.45, 2.75) is 51.2 Å². The second-order valence-electron chi connectivity index (χ2n) is 6.89. The van der Waals surface area contributed by atoms with E-state index in [9.17, 15) is 13.5 Å². The highest BCUT2D eigenvalue weighted by atomic mass is 32.2. The lowest BCUT2D eigenvalue weighted by Crippen LogP contribution is -2.40. The lowest BCUT2D eigenvalue weighted by atomic mass is 10.0. The van der Waals surface area contributed by atoms with Crippen LogP contribution in [0.3, 0.4) is 0 Å². The minimum Gasteiger partial charge on any atom is -0.392 e.